The van der Waals surface area contributed by atoms with Crippen LogP contribution in [0.2, 0.25) is 0 Å². The number of thioether (sulfide) groups is 2. The van der Waals surface area contributed by atoms with E-state index in [1.807, 2.05) is 25.8 Å². The molecule has 3 heterocycles. The van der Waals surface area contributed by atoms with Gasteiger partial charge in [0.25, 0.3) is 6.47 Å². The summed E-state index contributed by atoms with van der Waals surface area (Å²) in [6.45, 7) is -0.487. The number of esters is 4. The maximum absolute atomic E-state index is 12.5. The first-order chi connectivity index (χ1) is 44.8. The van der Waals surface area contributed by atoms with Gasteiger partial charge in [0.15, 0.2) is 15.1 Å². The number of nitrogens with one attached hydrogen (secondary N) is 1. The van der Waals surface area contributed by atoms with E-state index >= 15 is 0 Å². The topological polar surface area (TPSA) is 307 Å². The Kier molecular flexibility index (Phi) is 32.5. The van der Waals surface area contributed by atoms with E-state index in [1.165, 1.54) is 100 Å². The number of H-pyrrole nitrogens is 1. The Morgan fingerprint density at radius 2 is 0.860 bits per heavy atom. The van der Waals surface area contributed by atoms with Crippen LogP contribution < -0.4 is 34.8 Å². The third-order valence-electron chi connectivity index (χ3n) is 13.5. The molecule has 0 radical (unpaired) electrons. The molecule has 3 aromatic heterocycles. The van der Waals surface area contributed by atoms with Gasteiger partial charge in [0, 0.05) is 16.2 Å². The van der Waals surface area contributed by atoms with Crippen molar-refractivity contribution in [1.29, 1.82) is 0 Å². The smallest absolute Gasteiger partial charge is 0.662 e. The van der Waals surface area contributed by atoms with Crippen LogP contribution in [0.25, 0.3) is 49.4 Å². The molecule has 0 amide bonds. The van der Waals surface area contributed by atoms with Gasteiger partial charge < -0.3 is 39.3 Å². The molecule has 0 saturated heterocycles. The molecule has 6 aromatic carbocycles. The third-order valence-corrected chi connectivity index (χ3v) is 16.6. The predicted molar refractivity (Wildman–Crippen MR) is 350 cm³/mol. The van der Waals surface area contributed by atoms with E-state index in [4.69, 9.17) is 88.4 Å². The van der Waals surface area contributed by atoms with Gasteiger partial charge in [-0.1, -0.05) is 115 Å². The van der Waals surface area contributed by atoms with Crippen molar-refractivity contribution >= 4 is 150 Å². The van der Waals surface area contributed by atoms with Crippen molar-refractivity contribution in [3.63, 3.8) is 0 Å². The Morgan fingerprint density at radius 3 is 1.14 bits per heavy atom. The second-order valence-electron chi connectivity index (χ2n) is 19.8. The summed E-state index contributed by atoms with van der Waals surface area (Å²) < 4.78 is 26.0. The SMILES string of the molecule is O=C(CCl)OCCOC(=O)CCl.O=C(CSc1nncn1-c1ccc(C2CC2)c2ccccc12)OCCOC(=O)CSc1nncn1-c1ccc(C2CC2)c2ccccc12.O=C(Cl)CCl.O=CO[O-].OCCO.S=c1[nH]ncn1-c1ccc(C2CC2)c2ccccc12.[Na+]. The Balaban J connectivity index is 0.000000248. The molecule has 93 heavy (non-hydrogen) atoms. The van der Waals surface area contributed by atoms with Crippen LogP contribution in [0.4, 0.5) is 0 Å². The number of aromatic amines is 1. The van der Waals surface area contributed by atoms with Crippen molar-refractivity contribution in [1.82, 2.24) is 44.3 Å². The summed E-state index contributed by atoms with van der Waals surface area (Å²) in [5.41, 5.74) is 7.27. The van der Waals surface area contributed by atoms with Gasteiger partial charge in [-0.05, 0) is 131 Å². The minimum absolute atomic E-state index is 0. The van der Waals surface area contributed by atoms with Crippen LogP contribution in [0, 0.1) is 4.77 Å². The molecule has 3 fully saturated rings. The van der Waals surface area contributed by atoms with E-state index in [0.717, 1.165) is 33.8 Å². The Labute approximate surface area is 589 Å². The maximum atomic E-state index is 12.5. The summed E-state index contributed by atoms with van der Waals surface area (Å²) in [7, 11) is 0. The van der Waals surface area contributed by atoms with Crippen LogP contribution in [0.3, 0.4) is 0 Å². The molecule has 0 atom stereocenters. The molecule has 3 aliphatic rings. The molecule has 9 aromatic rings. The second-order valence-corrected chi connectivity index (χ2v) is 23.3. The average Bonchev–Trinajstić information content (AvgIpc) is 1.80. The maximum Gasteiger partial charge on any atom is 1.00 e. The predicted octanol–water partition coefficient (Wildman–Crippen LogP) is 6.79. The number of aromatic nitrogens is 9. The van der Waals surface area contributed by atoms with Crippen molar-refractivity contribution in [2.45, 2.75) is 66.6 Å². The molecule has 3 saturated carbocycles. The van der Waals surface area contributed by atoms with E-state index in [0.29, 0.717) is 26.9 Å². The van der Waals surface area contributed by atoms with Crippen molar-refractivity contribution in [2.24, 2.45) is 0 Å². The second kappa shape index (κ2) is 40.0. The van der Waals surface area contributed by atoms with Crippen LogP contribution in [0.5, 0.6) is 0 Å². The summed E-state index contributed by atoms with van der Waals surface area (Å²) in [6.07, 6.45) is 12.6. The molecular formula is C62H62Cl4N9NaO14S3. The van der Waals surface area contributed by atoms with Crippen molar-refractivity contribution in [2.75, 3.05) is 68.8 Å². The molecule has 3 N–H and O–H groups in total. The number of halogens is 4. The number of hydrogen-bond donors (Lipinski definition) is 3. The van der Waals surface area contributed by atoms with Gasteiger partial charge in [0.05, 0.1) is 47.7 Å². The molecular weight excluding hydrogens is 1360 g/mol. The molecule has 3 aliphatic carbocycles. The Morgan fingerprint density at radius 1 is 0.538 bits per heavy atom. The zero-order valence-electron chi connectivity index (χ0n) is 50.1. The van der Waals surface area contributed by atoms with Gasteiger partial charge in [0.1, 0.15) is 57.2 Å². The fraction of sp³-hybridized carbons (Fsp3) is 0.323. The summed E-state index contributed by atoms with van der Waals surface area (Å²) in [4.78, 5) is 66.5. The number of ether oxygens (including phenoxy) is 4. The van der Waals surface area contributed by atoms with E-state index in [1.54, 1.807) is 19.0 Å². The molecule has 23 nitrogen and oxygen atoms in total. The van der Waals surface area contributed by atoms with Crippen molar-refractivity contribution in [3.05, 3.63) is 150 Å². The third kappa shape index (κ3) is 23.1. The summed E-state index contributed by atoms with van der Waals surface area (Å²) in [6, 6.07) is 38.3. The minimum atomic E-state index is -0.543. The standard InChI is InChI=1S/C36H32N6O4S2.C15H13N3S.C6H8Cl2O4.C2H2Cl2O.C2H6O2.CH2O3.Na/c43-33(19-47-35-39-37-21-41(35)31-15-13-25(23-9-10-23)27-5-1-3-7-29(27)31)45-17-18-46-34(44)20-48-36-40-38-22-42(36)32-16-14-26(24-11-12-24)28-6-2-4-8-30(28)32;19-15-17-16-9-18(15)14-8-7-11(10-5-6-10)12-3-1-2-4-13(12)14;7-3-5(9)11-1-2-12-6(10)4-8;3-1-2(4)5;3-1-2-4;2-1-4-3;/h1-8,13-16,21-24H,9-12,17-20H2;1-4,7-10H,5-6H2,(H,17,19);1-4H2;1H2;3-4H,1-2H2;1,3H;/q;;;;;;+1/p-1. The average molecular weight is 1420 g/mol. The van der Waals surface area contributed by atoms with Gasteiger partial charge in [-0.3, -0.25) is 47.6 Å². The number of hydrogen-bond acceptors (Lipinski definition) is 22. The summed E-state index contributed by atoms with van der Waals surface area (Å²) in [5.74, 6) is -0.339. The van der Waals surface area contributed by atoms with Crippen molar-refractivity contribution < 1.29 is 97.6 Å². The first kappa shape index (κ1) is 75.5. The first-order valence-electron chi connectivity index (χ1n) is 28.5. The van der Waals surface area contributed by atoms with Crippen LogP contribution in [-0.4, -0.2) is 159 Å². The molecule has 0 aliphatic heterocycles. The quantitative estimate of drug-likeness (QED) is 0.00507. The number of nitrogens with zero attached hydrogens (tertiary/aromatic N) is 8. The van der Waals surface area contributed by atoms with Gasteiger partial charge in [-0.15, -0.1) is 55.2 Å². The molecule has 31 heteroatoms. The Hall–Kier alpha value is -6.50. The van der Waals surface area contributed by atoms with Crippen molar-refractivity contribution in [3.8, 4) is 17.1 Å². The fourth-order valence-corrected chi connectivity index (χ4v) is 11.0. The Bertz CT molecular complexity index is 3810. The van der Waals surface area contributed by atoms with E-state index in [2.05, 4.69) is 142 Å². The van der Waals surface area contributed by atoms with Crippen LogP contribution >= 0.6 is 82.1 Å². The van der Waals surface area contributed by atoms with Gasteiger partial charge in [0.2, 0.25) is 5.24 Å². The molecule has 0 unspecified atom stereocenters. The summed E-state index contributed by atoms with van der Waals surface area (Å²) >= 11 is 27.6. The van der Waals surface area contributed by atoms with Gasteiger partial charge in [-0.25, -0.2) is 0 Å². The molecule has 0 bridgehead atoms. The number of aliphatic hydroxyl groups excluding tert-OH is 2. The fourth-order valence-electron chi connectivity index (χ4n) is 9.23. The summed E-state index contributed by atoms with van der Waals surface area (Å²) in [5, 5.41) is 55.2. The van der Waals surface area contributed by atoms with E-state index in [9.17, 15) is 24.0 Å². The number of aliphatic hydroxyl groups is 2. The van der Waals surface area contributed by atoms with Crippen LogP contribution in [-0.2, 0) is 52.6 Å². The zero-order valence-corrected chi connectivity index (χ0v) is 57.5. The first-order valence-corrected chi connectivity index (χ1v) is 32.8. The normalized spacial score (nSPS) is 12.6. The monoisotopic (exact) mass is 1420 g/mol. The number of carbonyl (C=O) groups excluding carboxylic acids is 6. The number of fused-ring (bicyclic) bond motifs is 3. The zero-order chi connectivity index (χ0) is 65.8. The number of alkyl halides is 3. The van der Waals surface area contributed by atoms with Gasteiger partial charge >= 0.3 is 53.4 Å². The van der Waals surface area contributed by atoms with Crippen LogP contribution in [0.1, 0.15) is 73.0 Å². The largest absolute Gasteiger partial charge is 1.00 e. The van der Waals surface area contributed by atoms with Gasteiger partial charge in [-0.2, -0.15) is 5.10 Å². The number of rotatable bonds is 23. The molecule has 486 valence electrons. The number of carbonyl (C=O) groups is 6. The van der Waals surface area contributed by atoms with E-state index < -0.39 is 29.1 Å². The minimum Gasteiger partial charge on any atom is -0.662 e. The van der Waals surface area contributed by atoms with E-state index in [-0.39, 0.29) is 105 Å². The molecule has 0 spiro atoms. The van der Waals surface area contributed by atoms with Crippen LogP contribution in [0.15, 0.2) is 138 Å². The molecule has 12 rings (SSSR count). The number of benzene rings is 6.